The van der Waals surface area contributed by atoms with Gasteiger partial charge in [0.1, 0.15) is 11.3 Å². The monoisotopic (exact) mass is 299 g/mol. The van der Waals surface area contributed by atoms with Gasteiger partial charge in [-0.25, -0.2) is 4.98 Å². The first-order valence-corrected chi connectivity index (χ1v) is 7.43. The van der Waals surface area contributed by atoms with Gasteiger partial charge in [0, 0.05) is 5.56 Å². The molecule has 4 nitrogen and oxygen atoms in total. The summed E-state index contributed by atoms with van der Waals surface area (Å²) < 4.78 is 5.56. The fourth-order valence-electron chi connectivity index (χ4n) is 2.08. The summed E-state index contributed by atoms with van der Waals surface area (Å²) in [6.45, 7) is 1.80. The standard InChI is InChI=1S/C16H13NO3S/c1-10-8-11(18)6-7-12(10)14(19)9-21-16-17-13-4-2-3-5-15(13)20-16/h2-8,18H,9H2,1H3. The van der Waals surface area contributed by atoms with E-state index in [9.17, 15) is 9.90 Å². The summed E-state index contributed by atoms with van der Waals surface area (Å²) in [7, 11) is 0. The Bertz CT molecular complexity index is 777. The first-order valence-electron chi connectivity index (χ1n) is 6.44. The predicted octanol–water partition coefficient (Wildman–Crippen LogP) is 3.82. The van der Waals surface area contributed by atoms with Crippen LogP contribution in [-0.2, 0) is 0 Å². The van der Waals surface area contributed by atoms with Gasteiger partial charge >= 0.3 is 0 Å². The third kappa shape index (κ3) is 2.92. The van der Waals surface area contributed by atoms with Crippen LogP contribution in [0, 0.1) is 6.92 Å². The fourth-order valence-corrected chi connectivity index (χ4v) is 2.80. The summed E-state index contributed by atoms with van der Waals surface area (Å²) in [6.07, 6.45) is 0. The van der Waals surface area contributed by atoms with Crippen LogP contribution in [0.25, 0.3) is 11.1 Å². The number of thioether (sulfide) groups is 1. The van der Waals surface area contributed by atoms with Crippen molar-refractivity contribution in [3.05, 3.63) is 53.6 Å². The average Bonchev–Trinajstić information content (AvgIpc) is 2.87. The van der Waals surface area contributed by atoms with Crippen LogP contribution in [0.2, 0.25) is 0 Å². The number of aromatic nitrogens is 1. The molecule has 106 valence electrons. The Morgan fingerprint density at radius 1 is 1.29 bits per heavy atom. The maximum absolute atomic E-state index is 12.2. The highest BCUT2D eigenvalue weighted by Crippen LogP contribution is 2.25. The Morgan fingerprint density at radius 2 is 2.10 bits per heavy atom. The number of carbonyl (C=O) groups excluding carboxylic acids is 1. The van der Waals surface area contributed by atoms with Gasteiger partial charge in [-0.05, 0) is 42.8 Å². The maximum atomic E-state index is 12.2. The normalized spacial score (nSPS) is 10.9. The number of aryl methyl sites for hydroxylation is 1. The number of para-hydroxylation sites is 2. The van der Waals surface area contributed by atoms with Crippen LogP contribution in [0.4, 0.5) is 0 Å². The number of hydrogen-bond donors (Lipinski definition) is 1. The van der Waals surface area contributed by atoms with Gasteiger partial charge < -0.3 is 9.52 Å². The number of nitrogens with zero attached hydrogens (tertiary/aromatic N) is 1. The van der Waals surface area contributed by atoms with Crippen molar-refractivity contribution >= 4 is 28.6 Å². The molecule has 3 rings (SSSR count). The van der Waals surface area contributed by atoms with Crippen LogP contribution < -0.4 is 0 Å². The molecule has 0 atom stereocenters. The van der Waals surface area contributed by atoms with E-state index in [-0.39, 0.29) is 17.3 Å². The molecule has 0 saturated carbocycles. The Labute approximate surface area is 125 Å². The molecule has 0 saturated heterocycles. The minimum absolute atomic E-state index is 0.0141. The summed E-state index contributed by atoms with van der Waals surface area (Å²) in [5, 5.41) is 9.85. The lowest BCUT2D eigenvalue weighted by atomic mass is 10.1. The second kappa shape index (κ2) is 5.61. The number of aromatic hydroxyl groups is 1. The van der Waals surface area contributed by atoms with Crippen molar-refractivity contribution in [1.29, 1.82) is 0 Å². The number of fused-ring (bicyclic) bond motifs is 1. The second-order valence-electron chi connectivity index (χ2n) is 4.66. The number of Topliss-reactive ketones (excluding diaryl/α,β-unsaturated/α-hetero) is 1. The number of benzene rings is 2. The number of phenols is 1. The van der Waals surface area contributed by atoms with Crippen LogP contribution in [0.1, 0.15) is 15.9 Å². The molecule has 2 aromatic carbocycles. The van der Waals surface area contributed by atoms with Gasteiger partial charge in [0.05, 0.1) is 5.75 Å². The van der Waals surface area contributed by atoms with Crippen LogP contribution in [0.3, 0.4) is 0 Å². The van der Waals surface area contributed by atoms with Crippen molar-refractivity contribution in [1.82, 2.24) is 4.98 Å². The van der Waals surface area contributed by atoms with E-state index in [4.69, 9.17) is 4.42 Å². The van der Waals surface area contributed by atoms with E-state index in [1.54, 1.807) is 19.1 Å². The smallest absolute Gasteiger partial charge is 0.257 e. The van der Waals surface area contributed by atoms with Gasteiger partial charge in [0.25, 0.3) is 5.22 Å². The molecule has 21 heavy (non-hydrogen) atoms. The van der Waals surface area contributed by atoms with Crippen molar-refractivity contribution in [3.8, 4) is 5.75 Å². The van der Waals surface area contributed by atoms with Crippen molar-refractivity contribution in [2.75, 3.05) is 5.75 Å². The molecule has 1 N–H and O–H groups in total. The van der Waals surface area contributed by atoms with E-state index in [2.05, 4.69) is 4.98 Å². The number of oxazole rings is 1. The molecular formula is C16H13NO3S. The topological polar surface area (TPSA) is 63.3 Å². The first kappa shape index (κ1) is 13.7. The minimum atomic E-state index is -0.0141. The molecule has 1 aromatic heterocycles. The van der Waals surface area contributed by atoms with Crippen molar-refractivity contribution < 1.29 is 14.3 Å². The molecule has 3 aromatic rings. The molecule has 0 unspecified atom stereocenters. The van der Waals surface area contributed by atoms with Crippen molar-refractivity contribution in [2.24, 2.45) is 0 Å². The zero-order chi connectivity index (χ0) is 14.8. The van der Waals surface area contributed by atoms with Crippen LogP contribution in [0.15, 0.2) is 52.1 Å². The van der Waals surface area contributed by atoms with E-state index in [1.165, 1.54) is 17.8 Å². The highest BCUT2D eigenvalue weighted by Gasteiger charge is 2.13. The van der Waals surface area contributed by atoms with Crippen LogP contribution in [-0.4, -0.2) is 21.6 Å². The van der Waals surface area contributed by atoms with E-state index in [1.807, 2.05) is 24.3 Å². The minimum Gasteiger partial charge on any atom is -0.508 e. The first-order chi connectivity index (χ1) is 10.1. The zero-order valence-electron chi connectivity index (χ0n) is 11.4. The number of ketones is 1. The van der Waals surface area contributed by atoms with E-state index < -0.39 is 0 Å². The predicted molar refractivity (Wildman–Crippen MR) is 81.9 cm³/mol. The largest absolute Gasteiger partial charge is 0.508 e. The SMILES string of the molecule is Cc1cc(O)ccc1C(=O)CSc1nc2ccccc2o1. The third-order valence-corrected chi connectivity index (χ3v) is 3.94. The van der Waals surface area contributed by atoms with Gasteiger partial charge in [-0.1, -0.05) is 23.9 Å². The molecular weight excluding hydrogens is 286 g/mol. The summed E-state index contributed by atoms with van der Waals surface area (Å²) in [4.78, 5) is 16.5. The number of rotatable bonds is 4. The zero-order valence-corrected chi connectivity index (χ0v) is 12.2. The third-order valence-electron chi connectivity index (χ3n) is 3.11. The molecule has 0 aliphatic rings. The quantitative estimate of drug-likeness (QED) is 0.586. The lowest BCUT2D eigenvalue weighted by molar-refractivity contribution is 0.102. The van der Waals surface area contributed by atoms with E-state index in [0.717, 1.165) is 11.1 Å². The Kier molecular flexibility index (Phi) is 3.66. The van der Waals surface area contributed by atoms with Gasteiger partial charge in [-0.2, -0.15) is 0 Å². The molecule has 0 fully saturated rings. The number of hydrogen-bond acceptors (Lipinski definition) is 5. The Morgan fingerprint density at radius 3 is 2.86 bits per heavy atom. The summed E-state index contributed by atoms with van der Waals surface area (Å²) in [5.74, 6) is 0.397. The van der Waals surface area contributed by atoms with Gasteiger partial charge in [0.15, 0.2) is 11.4 Å². The molecule has 0 amide bonds. The highest BCUT2D eigenvalue weighted by atomic mass is 32.2. The Hall–Kier alpha value is -2.27. The fraction of sp³-hybridized carbons (Fsp3) is 0.125. The summed E-state index contributed by atoms with van der Waals surface area (Å²) >= 11 is 1.27. The van der Waals surface area contributed by atoms with Gasteiger partial charge in [-0.3, -0.25) is 4.79 Å². The summed E-state index contributed by atoms with van der Waals surface area (Å²) in [5.41, 5.74) is 2.87. The molecule has 0 aliphatic carbocycles. The maximum Gasteiger partial charge on any atom is 0.257 e. The lowest BCUT2D eigenvalue weighted by Crippen LogP contribution is -2.04. The molecule has 0 spiro atoms. The van der Waals surface area contributed by atoms with E-state index >= 15 is 0 Å². The number of carbonyl (C=O) groups is 1. The average molecular weight is 299 g/mol. The molecule has 5 heteroatoms. The van der Waals surface area contributed by atoms with Crippen LogP contribution in [0.5, 0.6) is 5.75 Å². The molecule has 0 aliphatic heterocycles. The summed E-state index contributed by atoms with van der Waals surface area (Å²) in [6, 6.07) is 12.2. The Balaban J connectivity index is 1.73. The van der Waals surface area contributed by atoms with E-state index in [0.29, 0.717) is 16.4 Å². The van der Waals surface area contributed by atoms with Crippen molar-refractivity contribution in [3.63, 3.8) is 0 Å². The number of phenolic OH excluding ortho intramolecular Hbond substituents is 1. The molecule has 0 radical (unpaired) electrons. The lowest BCUT2D eigenvalue weighted by Gasteiger charge is -2.04. The molecule has 0 bridgehead atoms. The molecule has 1 heterocycles. The van der Waals surface area contributed by atoms with Gasteiger partial charge in [-0.15, -0.1) is 0 Å². The van der Waals surface area contributed by atoms with Crippen LogP contribution >= 0.6 is 11.8 Å². The van der Waals surface area contributed by atoms with Gasteiger partial charge in [0.2, 0.25) is 0 Å². The highest BCUT2D eigenvalue weighted by molar-refractivity contribution is 7.99. The van der Waals surface area contributed by atoms with Crippen molar-refractivity contribution in [2.45, 2.75) is 12.1 Å². The second-order valence-corrected chi connectivity index (χ2v) is 5.59.